The molecule has 1 saturated carbocycles. The van der Waals surface area contributed by atoms with Crippen molar-refractivity contribution in [1.82, 2.24) is 14.8 Å². The van der Waals surface area contributed by atoms with Crippen LogP contribution < -0.4 is 5.32 Å². The van der Waals surface area contributed by atoms with Gasteiger partial charge in [-0.05, 0) is 68.0 Å². The number of pyridine rings is 1. The summed E-state index contributed by atoms with van der Waals surface area (Å²) in [6, 6.07) is 6.22. The molecule has 1 saturated heterocycles. The predicted molar refractivity (Wildman–Crippen MR) is 118 cm³/mol. The van der Waals surface area contributed by atoms with Crippen molar-refractivity contribution in [3.05, 3.63) is 58.7 Å². The summed E-state index contributed by atoms with van der Waals surface area (Å²) in [4.78, 5) is 32.6. The second-order valence-corrected chi connectivity index (χ2v) is 8.72. The molecule has 1 aromatic carbocycles. The second-order valence-electron chi connectivity index (χ2n) is 8.72. The zero-order valence-electron chi connectivity index (χ0n) is 18.4. The van der Waals surface area contributed by atoms with Crippen LogP contribution in [0.4, 0.5) is 14.5 Å². The van der Waals surface area contributed by atoms with Gasteiger partial charge in [-0.25, -0.2) is 8.78 Å². The molecule has 1 unspecified atom stereocenters. The van der Waals surface area contributed by atoms with Gasteiger partial charge in [0.15, 0.2) is 6.17 Å². The molecule has 1 N–H and O–H groups in total. The van der Waals surface area contributed by atoms with Crippen LogP contribution in [0.15, 0.2) is 30.5 Å². The van der Waals surface area contributed by atoms with Gasteiger partial charge in [0.1, 0.15) is 5.82 Å². The molecule has 0 radical (unpaired) electrons. The summed E-state index contributed by atoms with van der Waals surface area (Å²) < 4.78 is 28.4. The number of rotatable bonds is 6. The van der Waals surface area contributed by atoms with E-state index in [2.05, 4.69) is 15.2 Å². The second kappa shape index (κ2) is 9.32. The molecule has 2 aromatic rings. The van der Waals surface area contributed by atoms with Gasteiger partial charge in [0.05, 0.1) is 5.56 Å². The van der Waals surface area contributed by atoms with E-state index in [0.717, 1.165) is 29.7 Å². The first-order valence-corrected chi connectivity index (χ1v) is 11.0. The monoisotopic (exact) mass is 442 g/mol. The van der Waals surface area contributed by atoms with Crippen molar-refractivity contribution in [1.29, 1.82) is 0 Å². The zero-order chi connectivity index (χ0) is 22.8. The molecule has 32 heavy (non-hydrogen) atoms. The fourth-order valence-corrected chi connectivity index (χ4v) is 3.96. The molecule has 4 rings (SSSR count). The lowest BCUT2D eigenvalue weighted by Crippen LogP contribution is -2.50. The number of aromatic nitrogens is 1. The molecular formula is C24H28F2N4O2. The van der Waals surface area contributed by atoms with Crippen LogP contribution in [0, 0.1) is 25.6 Å². The molecule has 2 aliphatic rings. The number of anilines is 1. The average Bonchev–Trinajstić information content (AvgIpc) is 3.62. The van der Waals surface area contributed by atoms with Crippen molar-refractivity contribution in [3.8, 4) is 0 Å². The summed E-state index contributed by atoms with van der Waals surface area (Å²) >= 11 is 0. The van der Waals surface area contributed by atoms with Gasteiger partial charge in [-0.15, -0.1) is 0 Å². The van der Waals surface area contributed by atoms with Gasteiger partial charge in [0.25, 0.3) is 11.8 Å². The Kier molecular flexibility index (Phi) is 6.50. The van der Waals surface area contributed by atoms with Crippen LogP contribution in [0.1, 0.15) is 40.0 Å². The lowest BCUT2D eigenvalue weighted by molar-refractivity contribution is -0.139. The van der Waals surface area contributed by atoms with E-state index in [4.69, 9.17) is 0 Å². The molecule has 0 bridgehead atoms. The smallest absolute Gasteiger partial charge is 0.257 e. The quantitative estimate of drug-likeness (QED) is 0.744. The normalized spacial score (nSPS) is 17.8. The number of hydrogen-bond donors (Lipinski definition) is 1. The molecule has 8 heteroatoms. The van der Waals surface area contributed by atoms with Gasteiger partial charge in [-0.1, -0.05) is 0 Å². The number of carbonyl (C=O) groups is 2. The van der Waals surface area contributed by atoms with Crippen molar-refractivity contribution in [2.24, 2.45) is 5.92 Å². The molecule has 1 atom stereocenters. The molecule has 2 fully saturated rings. The van der Waals surface area contributed by atoms with Crippen LogP contribution in [-0.4, -0.2) is 58.9 Å². The molecule has 1 aliphatic heterocycles. The van der Waals surface area contributed by atoms with E-state index in [1.165, 1.54) is 18.3 Å². The highest BCUT2D eigenvalue weighted by Gasteiger charge is 2.39. The van der Waals surface area contributed by atoms with E-state index in [9.17, 15) is 18.4 Å². The Hall–Kier alpha value is -2.87. The van der Waals surface area contributed by atoms with Crippen molar-refractivity contribution >= 4 is 17.5 Å². The van der Waals surface area contributed by atoms with Gasteiger partial charge in [-0.2, -0.15) is 0 Å². The van der Waals surface area contributed by atoms with E-state index < -0.39 is 17.9 Å². The van der Waals surface area contributed by atoms with Crippen LogP contribution in [0.3, 0.4) is 0 Å². The lowest BCUT2D eigenvalue weighted by atomic mass is 10.0. The number of alkyl halides is 1. The minimum atomic E-state index is -1.37. The third-order valence-corrected chi connectivity index (χ3v) is 6.25. The van der Waals surface area contributed by atoms with E-state index in [0.29, 0.717) is 44.0 Å². The van der Waals surface area contributed by atoms with Crippen LogP contribution in [0.2, 0.25) is 0 Å². The third-order valence-electron chi connectivity index (χ3n) is 6.25. The van der Waals surface area contributed by atoms with Crippen LogP contribution in [-0.2, 0) is 11.3 Å². The summed E-state index contributed by atoms with van der Waals surface area (Å²) in [5, 5.41) is 2.78. The SMILES string of the molecule is Cc1ccc(C(=O)Nc2cc(F)cc(CN3CCN(C(=O)C(F)C4CC4)CC3)c2C)cn1. The van der Waals surface area contributed by atoms with Crippen molar-refractivity contribution in [3.63, 3.8) is 0 Å². The van der Waals surface area contributed by atoms with Gasteiger partial charge >= 0.3 is 0 Å². The Balaban J connectivity index is 1.39. The maximum absolute atomic E-state index is 14.3. The van der Waals surface area contributed by atoms with Crippen LogP contribution in [0.25, 0.3) is 0 Å². The highest BCUT2D eigenvalue weighted by molar-refractivity contribution is 6.04. The fourth-order valence-electron chi connectivity index (χ4n) is 3.96. The molecular weight excluding hydrogens is 414 g/mol. The number of amides is 2. The lowest BCUT2D eigenvalue weighted by Gasteiger charge is -2.35. The van der Waals surface area contributed by atoms with Crippen molar-refractivity contribution in [2.75, 3.05) is 31.5 Å². The first-order valence-electron chi connectivity index (χ1n) is 11.0. The number of nitrogens with zero attached hydrogens (tertiary/aromatic N) is 3. The molecule has 2 amide bonds. The van der Waals surface area contributed by atoms with Crippen LogP contribution >= 0.6 is 0 Å². The highest BCUT2D eigenvalue weighted by Crippen LogP contribution is 2.35. The van der Waals surface area contributed by atoms with E-state index in [1.807, 2.05) is 13.8 Å². The van der Waals surface area contributed by atoms with Crippen molar-refractivity contribution in [2.45, 2.75) is 39.4 Å². The summed E-state index contributed by atoms with van der Waals surface area (Å²) in [6.45, 7) is 6.28. The Morgan fingerprint density at radius 3 is 2.50 bits per heavy atom. The number of piperazine rings is 1. The first-order chi connectivity index (χ1) is 15.3. The number of hydrogen-bond acceptors (Lipinski definition) is 4. The maximum Gasteiger partial charge on any atom is 0.257 e. The van der Waals surface area contributed by atoms with Gasteiger partial charge in [0, 0.05) is 50.3 Å². The number of nitrogens with one attached hydrogen (secondary N) is 1. The van der Waals surface area contributed by atoms with Crippen molar-refractivity contribution < 1.29 is 18.4 Å². The molecule has 0 spiro atoms. The summed E-state index contributed by atoms with van der Waals surface area (Å²) in [5.41, 5.74) is 3.18. The van der Waals surface area contributed by atoms with Crippen LogP contribution in [0.5, 0.6) is 0 Å². The number of halogens is 2. The van der Waals surface area contributed by atoms with E-state index in [1.54, 1.807) is 17.0 Å². The highest BCUT2D eigenvalue weighted by atomic mass is 19.1. The summed E-state index contributed by atoms with van der Waals surface area (Å²) in [7, 11) is 0. The van der Waals surface area contributed by atoms with E-state index >= 15 is 0 Å². The Morgan fingerprint density at radius 2 is 1.88 bits per heavy atom. The number of aryl methyl sites for hydroxylation is 1. The topological polar surface area (TPSA) is 65.5 Å². The fraction of sp³-hybridized carbons (Fsp3) is 0.458. The molecule has 1 aromatic heterocycles. The molecule has 1 aliphatic carbocycles. The van der Waals surface area contributed by atoms with Gasteiger partial charge in [-0.3, -0.25) is 19.5 Å². The molecule has 2 heterocycles. The molecule has 6 nitrogen and oxygen atoms in total. The van der Waals surface area contributed by atoms with Gasteiger partial charge in [0.2, 0.25) is 0 Å². The zero-order valence-corrected chi connectivity index (χ0v) is 18.4. The summed E-state index contributed by atoms with van der Waals surface area (Å²) in [6.07, 6.45) is 1.71. The maximum atomic E-state index is 14.3. The Morgan fingerprint density at radius 1 is 1.16 bits per heavy atom. The summed E-state index contributed by atoms with van der Waals surface area (Å²) in [5.74, 6) is -1.27. The predicted octanol–water partition coefficient (Wildman–Crippen LogP) is 3.48. The average molecular weight is 443 g/mol. The third kappa shape index (κ3) is 5.12. The minimum Gasteiger partial charge on any atom is -0.338 e. The first kappa shape index (κ1) is 22.3. The minimum absolute atomic E-state index is 0.0974. The number of carbonyl (C=O) groups excluding carboxylic acids is 2. The largest absolute Gasteiger partial charge is 0.338 e. The Labute approximate surface area is 186 Å². The van der Waals surface area contributed by atoms with E-state index in [-0.39, 0.29) is 11.8 Å². The standard InChI is InChI=1S/C24H28F2N4O2/c1-15-3-4-18(13-27-15)23(31)28-21-12-20(25)11-19(16(21)2)14-29-7-9-30(10-8-29)24(32)22(26)17-5-6-17/h3-4,11-13,17,22H,5-10,14H2,1-2H3,(H,28,31). The Bertz CT molecular complexity index is 1000. The molecule has 170 valence electrons. The number of benzene rings is 1. The van der Waals surface area contributed by atoms with Gasteiger partial charge < -0.3 is 10.2 Å².